The van der Waals surface area contributed by atoms with Crippen molar-refractivity contribution in [3.05, 3.63) is 69.1 Å². The Hall–Kier alpha value is -3.46. The molecule has 1 amide bonds. The van der Waals surface area contributed by atoms with Gasteiger partial charge in [-0.15, -0.1) is 0 Å². The Bertz CT molecular complexity index is 1500. The van der Waals surface area contributed by atoms with E-state index in [-0.39, 0.29) is 23.0 Å². The van der Waals surface area contributed by atoms with Crippen molar-refractivity contribution >= 4 is 45.2 Å². The maximum Gasteiger partial charge on any atom is 0.332 e. The van der Waals surface area contributed by atoms with Crippen LogP contribution in [0.4, 0.5) is 5.69 Å². The average Bonchev–Trinajstić information content (AvgIpc) is 3.65. The van der Waals surface area contributed by atoms with Gasteiger partial charge in [0, 0.05) is 31.1 Å². The molecule has 5 rings (SSSR count). The largest absolute Gasteiger partial charge is 0.332 e. The maximum atomic E-state index is 12.9. The van der Waals surface area contributed by atoms with Gasteiger partial charge in [0.1, 0.15) is 16.2 Å². The number of aryl methyl sites for hydroxylation is 1. The lowest BCUT2D eigenvalue weighted by Gasteiger charge is -2.12. The minimum absolute atomic E-state index is 0.0748. The van der Waals surface area contributed by atoms with Gasteiger partial charge in [0.15, 0.2) is 5.65 Å². The first-order chi connectivity index (χ1) is 15.4. The lowest BCUT2D eigenvalue weighted by atomic mass is 10.1. The summed E-state index contributed by atoms with van der Waals surface area (Å²) in [4.78, 5) is 47.1. The number of nitrogens with one attached hydrogen (secondary N) is 1. The highest BCUT2D eigenvalue weighted by Crippen LogP contribution is 2.39. The number of thioether (sulfide) groups is 1. The first kappa shape index (κ1) is 20.4. The number of amides is 1. The van der Waals surface area contributed by atoms with Crippen LogP contribution in [0.5, 0.6) is 0 Å². The minimum atomic E-state index is -0.456. The summed E-state index contributed by atoms with van der Waals surface area (Å²) in [6.07, 6.45) is 1.96. The summed E-state index contributed by atoms with van der Waals surface area (Å²) < 4.78 is 2.41. The van der Waals surface area contributed by atoms with Crippen molar-refractivity contribution < 1.29 is 4.79 Å². The fourth-order valence-electron chi connectivity index (χ4n) is 3.73. The SMILES string of the molecule is Cn1c(=O)c2c(SCC(=O)Nc3cccc4ccccc34)nc(C3CC3)nc2n(C)c1=O. The number of hydrogen-bond acceptors (Lipinski definition) is 6. The molecule has 4 aromatic rings. The number of carbonyl (C=O) groups is 1. The highest BCUT2D eigenvalue weighted by Gasteiger charge is 2.29. The Morgan fingerprint density at radius 1 is 1.06 bits per heavy atom. The Balaban J connectivity index is 1.48. The zero-order valence-corrected chi connectivity index (χ0v) is 18.5. The molecule has 0 bridgehead atoms. The van der Waals surface area contributed by atoms with Crippen LogP contribution in [0.15, 0.2) is 57.1 Å². The Kier molecular flexibility index (Phi) is 5.05. The molecule has 0 atom stereocenters. The maximum absolute atomic E-state index is 12.9. The zero-order chi connectivity index (χ0) is 22.4. The molecule has 1 saturated carbocycles. The second-order valence-corrected chi connectivity index (χ2v) is 8.89. The monoisotopic (exact) mass is 447 g/mol. The predicted octanol–water partition coefficient (Wildman–Crippen LogP) is 2.79. The van der Waals surface area contributed by atoms with Crippen LogP contribution in [-0.2, 0) is 18.9 Å². The Morgan fingerprint density at radius 3 is 2.59 bits per heavy atom. The van der Waals surface area contributed by atoms with Crippen LogP contribution < -0.4 is 16.6 Å². The lowest BCUT2D eigenvalue weighted by molar-refractivity contribution is -0.113. The van der Waals surface area contributed by atoms with Gasteiger partial charge in [-0.25, -0.2) is 14.8 Å². The van der Waals surface area contributed by atoms with Gasteiger partial charge in [-0.3, -0.25) is 18.7 Å². The fraction of sp³-hybridized carbons (Fsp3) is 0.261. The Labute approximate surface area is 187 Å². The minimum Gasteiger partial charge on any atom is -0.325 e. The van der Waals surface area contributed by atoms with Crippen LogP contribution in [0.2, 0.25) is 0 Å². The Morgan fingerprint density at radius 2 is 1.81 bits per heavy atom. The number of fused-ring (bicyclic) bond motifs is 2. The highest BCUT2D eigenvalue weighted by molar-refractivity contribution is 8.00. The van der Waals surface area contributed by atoms with Gasteiger partial charge >= 0.3 is 5.69 Å². The standard InChI is InChI=1S/C23H21N5O3S/c1-27-20-18(22(30)28(2)23(27)31)21(26-19(25-20)14-10-11-14)32-12-17(29)24-16-9-5-7-13-6-3-4-8-15(13)16/h3-9,14H,10-12H2,1-2H3,(H,24,29). The summed E-state index contributed by atoms with van der Waals surface area (Å²) in [5.41, 5.74) is 0.153. The number of anilines is 1. The van der Waals surface area contributed by atoms with Gasteiger partial charge in [-0.05, 0) is 24.3 Å². The van der Waals surface area contributed by atoms with Crippen molar-refractivity contribution in [1.82, 2.24) is 19.1 Å². The number of benzene rings is 2. The van der Waals surface area contributed by atoms with Crippen LogP contribution in [-0.4, -0.2) is 30.8 Å². The molecule has 0 spiro atoms. The van der Waals surface area contributed by atoms with Crippen LogP contribution >= 0.6 is 11.8 Å². The molecule has 0 radical (unpaired) electrons. The van der Waals surface area contributed by atoms with Gasteiger partial charge < -0.3 is 5.32 Å². The van der Waals surface area contributed by atoms with E-state index < -0.39 is 11.2 Å². The summed E-state index contributed by atoms with van der Waals surface area (Å²) in [5.74, 6) is 0.735. The lowest BCUT2D eigenvalue weighted by Crippen LogP contribution is -2.37. The third-order valence-corrected chi connectivity index (χ3v) is 6.61. The molecule has 1 fully saturated rings. The number of rotatable bonds is 5. The summed E-state index contributed by atoms with van der Waals surface area (Å²) >= 11 is 1.19. The summed E-state index contributed by atoms with van der Waals surface area (Å²) in [7, 11) is 3.02. The van der Waals surface area contributed by atoms with Crippen molar-refractivity contribution in [2.45, 2.75) is 23.8 Å². The van der Waals surface area contributed by atoms with E-state index >= 15 is 0 Å². The van der Waals surface area contributed by atoms with E-state index in [0.29, 0.717) is 16.5 Å². The summed E-state index contributed by atoms with van der Waals surface area (Å²) in [6, 6.07) is 13.6. The second-order valence-electron chi connectivity index (χ2n) is 7.93. The van der Waals surface area contributed by atoms with E-state index in [1.165, 1.54) is 23.4 Å². The third-order valence-electron chi connectivity index (χ3n) is 5.63. The van der Waals surface area contributed by atoms with Crippen LogP contribution in [0.1, 0.15) is 24.6 Å². The van der Waals surface area contributed by atoms with E-state index in [2.05, 4.69) is 15.3 Å². The first-order valence-electron chi connectivity index (χ1n) is 10.3. The number of carbonyl (C=O) groups excluding carboxylic acids is 1. The normalized spacial score (nSPS) is 13.6. The summed E-state index contributed by atoms with van der Waals surface area (Å²) in [6.45, 7) is 0. The van der Waals surface area contributed by atoms with Gasteiger partial charge in [0.25, 0.3) is 5.56 Å². The molecular weight excluding hydrogens is 426 g/mol. The zero-order valence-electron chi connectivity index (χ0n) is 17.7. The summed E-state index contributed by atoms with van der Waals surface area (Å²) in [5, 5.41) is 5.65. The molecule has 32 heavy (non-hydrogen) atoms. The molecular formula is C23H21N5O3S. The number of nitrogens with zero attached hydrogens (tertiary/aromatic N) is 4. The smallest absolute Gasteiger partial charge is 0.325 e. The highest BCUT2D eigenvalue weighted by atomic mass is 32.2. The third kappa shape index (κ3) is 3.58. The van der Waals surface area contributed by atoms with Crippen molar-refractivity contribution in [2.75, 3.05) is 11.1 Å². The molecule has 1 N–H and O–H groups in total. The van der Waals surface area contributed by atoms with Gasteiger partial charge in [0.2, 0.25) is 5.91 Å². The number of aromatic nitrogens is 4. The number of hydrogen-bond donors (Lipinski definition) is 1. The molecule has 8 nitrogen and oxygen atoms in total. The van der Waals surface area contributed by atoms with Gasteiger partial charge in [0.05, 0.1) is 5.75 Å². The predicted molar refractivity (Wildman–Crippen MR) is 125 cm³/mol. The molecule has 0 saturated heterocycles. The molecule has 2 heterocycles. The first-order valence-corrected chi connectivity index (χ1v) is 11.3. The molecule has 0 aliphatic heterocycles. The van der Waals surface area contributed by atoms with E-state index in [1.807, 2.05) is 42.5 Å². The van der Waals surface area contributed by atoms with Crippen molar-refractivity contribution in [1.29, 1.82) is 0 Å². The topological polar surface area (TPSA) is 98.9 Å². The average molecular weight is 448 g/mol. The molecule has 1 aliphatic rings. The molecule has 1 aliphatic carbocycles. The molecule has 0 unspecified atom stereocenters. The van der Waals surface area contributed by atoms with Gasteiger partial charge in [-0.1, -0.05) is 48.2 Å². The molecule has 2 aromatic carbocycles. The van der Waals surface area contributed by atoms with E-state index in [9.17, 15) is 14.4 Å². The van der Waals surface area contributed by atoms with E-state index in [4.69, 9.17) is 0 Å². The quantitative estimate of drug-likeness (QED) is 0.373. The molecule has 2 aromatic heterocycles. The fourth-order valence-corrected chi connectivity index (χ4v) is 4.55. The van der Waals surface area contributed by atoms with Gasteiger partial charge in [-0.2, -0.15) is 0 Å². The van der Waals surface area contributed by atoms with E-state index in [0.717, 1.165) is 33.9 Å². The van der Waals surface area contributed by atoms with Crippen LogP contribution in [0, 0.1) is 0 Å². The molecule has 162 valence electrons. The molecule has 9 heteroatoms. The van der Waals surface area contributed by atoms with E-state index in [1.54, 1.807) is 7.05 Å². The van der Waals surface area contributed by atoms with Crippen LogP contribution in [0.3, 0.4) is 0 Å². The van der Waals surface area contributed by atoms with Crippen molar-refractivity contribution in [3.8, 4) is 0 Å². The van der Waals surface area contributed by atoms with Crippen molar-refractivity contribution in [2.24, 2.45) is 14.1 Å². The van der Waals surface area contributed by atoms with Crippen LogP contribution in [0.25, 0.3) is 21.8 Å². The second kappa shape index (κ2) is 7.90. The van der Waals surface area contributed by atoms with Crippen molar-refractivity contribution in [3.63, 3.8) is 0 Å².